The molecule has 4 rings (SSSR count). The first kappa shape index (κ1) is 27.5. The van der Waals surface area contributed by atoms with E-state index in [1.54, 1.807) is 13.2 Å². The van der Waals surface area contributed by atoms with Gasteiger partial charge in [0.05, 0.1) is 18.2 Å². The molecule has 0 spiro atoms. The largest absolute Gasteiger partial charge is 0.497 e. The third kappa shape index (κ3) is 6.65. The predicted octanol–water partition coefficient (Wildman–Crippen LogP) is 6.43. The Morgan fingerprint density at radius 3 is 2.47 bits per heavy atom. The van der Waals surface area contributed by atoms with Gasteiger partial charge < -0.3 is 14.2 Å². The van der Waals surface area contributed by atoms with Crippen LogP contribution < -0.4 is 14.2 Å². The number of aromatic nitrogens is 3. The summed E-state index contributed by atoms with van der Waals surface area (Å²) in [6.07, 6.45) is 0. The minimum atomic E-state index is -0.565. The SMILES string of the molecule is CCOc1cc([C@H](C[N+](=O)[O-])Sc2nnc(C)n2-c2ccc(OC)cc2)cc(Br)c1OCc1ccccc1. The molecule has 38 heavy (non-hydrogen) atoms. The van der Waals surface area contributed by atoms with Crippen molar-refractivity contribution in [2.75, 3.05) is 20.3 Å². The zero-order valence-corrected chi connectivity index (χ0v) is 23.6. The van der Waals surface area contributed by atoms with Crippen LogP contribution in [0, 0.1) is 17.0 Å². The van der Waals surface area contributed by atoms with Gasteiger partial charge in [0.1, 0.15) is 23.4 Å². The molecule has 0 unspecified atom stereocenters. The quantitative estimate of drug-likeness (QED) is 0.104. The zero-order valence-electron chi connectivity index (χ0n) is 21.2. The normalized spacial score (nSPS) is 11.7. The number of nitro groups is 1. The average Bonchev–Trinajstić information content (AvgIpc) is 3.27. The van der Waals surface area contributed by atoms with Gasteiger partial charge in [-0.25, -0.2) is 0 Å². The Labute approximate surface area is 233 Å². The molecule has 11 heteroatoms. The predicted molar refractivity (Wildman–Crippen MR) is 149 cm³/mol. The van der Waals surface area contributed by atoms with E-state index in [0.717, 1.165) is 17.0 Å². The van der Waals surface area contributed by atoms with E-state index in [2.05, 4.69) is 26.1 Å². The second kappa shape index (κ2) is 12.8. The molecule has 3 aromatic carbocycles. The molecular formula is C27H27BrN4O5S. The van der Waals surface area contributed by atoms with Gasteiger partial charge in [0.25, 0.3) is 0 Å². The van der Waals surface area contributed by atoms with E-state index >= 15 is 0 Å². The molecule has 0 bridgehead atoms. The summed E-state index contributed by atoms with van der Waals surface area (Å²) in [6, 6.07) is 20.9. The average molecular weight is 600 g/mol. The number of methoxy groups -OCH3 is 1. The number of ether oxygens (including phenoxy) is 3. The number of benzene rings is 3. The second-order valence-corrected chi connectivity index (χ2v) is 10.2. The van der Waals surface area contributed by atoms with Gasteiger partial charge in [0.2, 0.25) is 6.54 Å². The van der Waals surface area contributed by atoms with Gasteiger partial charge in [-0.15, -0.1) is 10.2 Å². The molecule has 0 N–H and O–H groups in total. The summed E-state index contributed by atoms with van der Waals surface area (Å²) in [5, 5.41) is 20.2. The van der Waals surface area contributed by atoms with Crippen molar-refractivity contribution in [3.05, 3.63) is 98.3 Å². The zero-order chi connectivity index (χ0) is 27.1. The molecule has 0 aliphatic rings. The fraction of sp³-hybridized carbons (Fsp3) is 0.259. The molecule has 4 aromatic rings. The van der Waals surface area contributed by atoms with Gasteiger partial charge in [-0.05, 0) is 77.3 Å². The summed E-state index contributed by atoms with van der Waals surface area (Å²) in [6.45, 7) is 4.17. The standard InChI is InChI=1S/C27H27BrN4O5S/c1-4-36-24-15-20(14-23(28)26(24)37-17-19-8-6-5-7-9-19)25(16-31(33)34)38-27-30-29-18(2)32(27)21-10-12-22(35-3)13-11-21/h5-15,25H,4,16-17H2,1-3H3/t25-/m0/s1. The molecule has 0 radical (unpaired) electrons. The van der Waals surface area contributed by atoms with E-state index in [9.17, 15) is 10.1 Å². The van der Waals surface area contributed by atoms with Gasteiger partial charge >= 0.3 is 0 Å². The monoisotopic (exact) mass is 598 g/mol. The molecule has 1 heterocycles. The highest BCUT2D eigenvalue weighted by Gasteiger charge is 2.26. The first-order valence-corrected chi connectivity index (χ1v) is 13.5. The number of rotatable bonds is 12. The van der Waals surface area contributed by atoms with Gasteiger partial charge in [-0.2, -0.15) is 0 Å². The van der Waals surface area contributed by atoms with Crippen LogP contribution in [-0.4, -0.2) is 39.9 Å². The lowest BCUT2D eigenvalue weighted by atomic mass is 10.1. The number of nitrogens with zero attached hydrogens (tertiary/aromatic N) is 4. The lowest BCUT2D eigenvalue weighted by molar-refractivity contribution is -0.479. The highest BCUT2D eigenvalue weighted by molar-refractivity contribution is 9.10. The highest BCUT2D eigenvalue weighted by Crippen LogP contribution is 2.43. The van der Waals surface area contributed by atoms with Crippen LogP contribution >= 0.6 is 27.7 Å². The summed E-state index contributed by atoms with van der Waals surface area (Å²) in [5.74, 6) is 2.44. The van der Waals surface area contributed by atoms with Crippen LogP contribution in [-0.2, 0) is 6.61 Å². The molecule has 1 atom stereocenters. The van der Waals surface area contributed by atoms with Gasteiger partial charge in [0, 0.05) is 10.6 Å². The summed E-state index contributed by atoms with van der Waals surface area (Å²) < 4.78 is 19.8. The van der Waals surface area contributed by atoms with E-state index in [1.165, 1.54) is 11.8 Å². The van der Waals surface area contributed by atoms with Crippen molar-refractivity contribution >= 4 is 27.7 Å². The van der Waals surface area contributed by atoms with Crippen LogP contribution in [0.25, 0.3) is 5.69 Å². The van der Waals surface area contributed by atoms with Gasteiger partial charge in [-0.3, -0.25) is 14.7 Å². The molecular weight excluding hydrogens is 572 g/mol. The number of thioether (sulfide) groups is 1. The maximum Gasteiger partial charge on any atom is 0.220 e. The van der Waals surface area contributed by atoms with Crippen LogP contribution in [0.5, 0.6) is 17.2 Å². The summed E-state index contributed by atoms with van der Waals surface area (Å²) in [7, 11) is 1.61. The fourth-order valence-corrected chi connectivity index (χ4v) is 5.56. The van der Waals surface area contributed by atoms with Crippen molar-refractivity contribution in [1.82, 2.24) is 14.8 Å². The Morgan fingerprint density at radius 1 is 1.08 bits per heavy atom. The maximum atomic E-state index is 11.7. The summed E-state index contributed by atoms with van der Waals surface area (Å²) >= 11 is 4.87. The first-order chi connectivity index (χ1) is 18.4. The van der Waals surface area contributed by atoms with E-state index in [1.807, 2.05) is 79.1 Å². The third-order valence-electron chi connectivity index (χ3n) is 5.62. The van der Waals surface area contributed by atoms with E-state index in [-0.39, 0.29) is 11.5 Å². The van der Waals surface area contributed by atoms with Crippen LogP contribution in [0.3, 0.4) is 0 Å². The van der Waals surface area contributed by atoms with Crippen molar-refractivity contribution in [2.24, 2.45) is 0 Å². The summed E-state index contributed by atoms with van der Waals surface area (Å²) in [5.41, 5.74) is 2.55. The van der Waals surface area contributed by atoms with Crippen molar-refractivity contribution in [3.8, 4) is 22.9 Å². The highest BCUT2D eigenvalue weighted by atomic mass is 79.9. The Bertz CT molecular complexity index is 1380. The van der Waals surface area contributed by atoms with Crippen LogP contribution in [0.1, 0.15) is 29.1 Å². The number of hydrogen-bond donors (Lipinski definition) is 0. The molecule has 0 aliphatic heterocycles. The Balaban J connectivity index is 1.66. The third-order valence-corrected chi connectivity index (χ3v) is 7.39. The number of hydrogen-bond acceptors (Lipinski definition) is 8. The first-order valence-electron chi connectivity index (χ1n) is 11.9. The van der Waals surface area contributed by atoms with E-state index in [0.29, 0.717) is 45.7 Å². The molecule has 0 fully saturated rings. The number of halogens is 1. The summed E-state index contributed by atoms with van der Waals surface area (Å²) in [4.78, 5) is 11.4. The van der Waals surface area contributed by atoms with Crippen LogP contribution in [0.2, 0.25) is 0 Å². The molecule has 0 saturated carbocycles. The second-order valence-electron chi connectivity index (χ2n) is 8.22. The van der Waals surface area contributed by atoms with Crippen molar-refractivity contribution < 1.29 is 19.1 Å². The van der Waals surface area contributed by atoms with Crippen LogP contribution in [0.4, 0.5) is 0 Å². The van der Waals surface area contributed by atoms with E-state index in [4.69, 9.17) is 14.2 Å². The van der Waals surface area contributed by atoms with Crippen molar-refractivity contribution in [1.29, 1.82) is 0 Å². The molecule has 1 aromatic heterocycles. The Hall–Kier alpha value is -3.57. The topological polar surface area (TPSA) is 102 Å². The molecule has 0 aliphatic carbocycles. The maximum absolute atomic E-state index is 11.7. The van der Waals surface area contributed by atoms with Gasteiger partial charge in [-0.1, -0.05) is 42.1 Å². The minimum absolute atomic E-state index is 0.318. The molecule has 9 nitrogen and oxygen atoms in total. The Kier molecular flexibility index (Phi) is 9.24. The minimum Gasteiger partial charge on any atom is -0.497 e. The molecule has 198 valence electrons. The molecule has 0 saturated heterocycles. The number of aryl methyl sites for hydroxylation is 1. The van der Waals surface area contributed by atoms with Crippen molar-refractivity contribution in [3.63, 3.8) is 0 Å². The molecule has 0 amide bonds. The fourth-order valence-electron chi connectivity index (χ4n) is 3.83. The van der Waals surface area contributed by atoms with E-state index < -0.39 is 5.25 Å². The van der Waals surface area contributed by atoms with Crippen LogP contribution in [0.15, 0.2) is 76.4 Å². The lowest BCUT2D eigenvalue weighted by Gasteiger charge is -2.19. The lowest BCUT2D eigenvalue weighted by Crippen LogP contribution is -2.12. The Morgan fingerprint density at radius 2 is 1.82 bits per heavy atom. The van der Waals surface area contributed by atoms with Gasteiger partial charge in [0.15, 0.2) is 16.7 Å². The van der Waals surface area contributed by atoms with Crippen molar-refractivity contribution in [2.45, 2.75) is 30.9 Å². The smallest absolute Gasteiger partial charge is 0.220 e.